The van der Waals surface area contributed by atoms with Gasteiger partial charge < -0.3 is 30.5 Å². The number of terminal acetylenes is 2. The van der Waals surface area contributed by atoms with Crippen LogP contribution in [0.15, 0.2) is 68.5 Å². The fraction of sp³-hybridized carbons (Fsp3) is 0.182. The maximum atomic E-state index is 13.1. The van der Waals surface area contributed by atoms with Gasteiger partial charge in [-0.3, -0.25) is 4.57 Å². The van der Waals surface area contributed by atoms with E-state index in [1.165, 1.54) is 16.4 Å². The van der Waals surface area contributed by atoms with E-state index in [0.29, 0.717) is 23.9 Å². The third kappa shape index (κ3) is 15.8. The fourth-order valence-corrected chi connectivity index (χ4v) is 4.89. The molecule has 62 heavy (non-hydrogen) atoms. The largest absolute Gasteiger partial charge is 0.497 e. The lowest BCUT2D eigenvalue weighted by Crippen LogP contribution is -2.31. The molecule has 18 nitrogen and oxygen atoms in total. The molecule has 4 aromatic rings. The third-order valence-corrected chi connectivity index (χ3v) is 7.54. The minimum Gasteiger partial charge on any atom is -0.497 e. The third-order valence-electron chi connectivity index (χ3n) is 7.54. The molecule has 0 aliphatic carbocycles. The number of nitrogens with two attached hydrogens (primary N) is 1. The average molecular weight is 841 g/mol. The number of fused-ring (bicyclic) bond motifs is 3. The molecule has 18 heteroatoms. The summed E-state index contributed by atoms with van der Waals surface area (Å²) in [6.45, 7) is 2.31. The Balaban J connectivity index is -0.000000125. The Morgan fingerprint density at radius 2 is 1.44 bits per heavy atom. The van der Waals surface area contributed by atoms with Crippen molar-refractivity contribution in [3.05, 3.63) is 69.0 Å². The van der Waals surface area contributed by atoms with Crippen molar-refractivity contribution in [2.75, 3.05) is 39.2 Å². The number of ether oxygens (including phenoxy) is 1. The fourth-order valence-electron chi connectivity index (χ4n) is 4.89. The molecular formula is C44H52N14O4. The molecule has 0 spiro atoms. The van der Waals surface area contributed by atoms with Crippen molar-refractivity contribution in [1.29, 1.82) is 0 Å². The number of likely N-dealkylation sites (N-methyl/N-ethyl adjacent to an activating group) is 1. The predicted octanol–water partition coefficient (Wildman–Crippen LogP) is 4.00. The number of methoxy groups -OCH3 is 1. The van der Waals surface area contributed by atoms with Gasteiger partial charge in [0.1, 0.15) is 22.9 Å². The summed E-state index contributed by atoms with van der Waals surface area (Å²) in [4.78, 5) is 36.2. The maximum absolute atomic E-state index is 13.1. The van der Waals surface area contributed by atoms with Crippen LogP contribution in [0.5, 0.6) is 5.75 Å². The predicted molar refractivity (Wildman–Crippen MR) is 254 cm³/mol. The summed E-state index contributed by atoms with van der Waals surface area (Å²) in [5, 5.41) is 24.3. The standard InChI is InChI=1S/C22H25N7O2.C22H2.H3N7O2.11H2/c1-26(2)16-8-9-27(13-16)17-10-19-20(23-11-17)28(22(30)29-21(19)24-14-25-29)12-15-4-6-18(31-3)7-5-15;1-3-5-7-9-11-13-15-17-19-21-22-20-18-16-14-12-10-8-6-4-2;1-2-3-4-5-6-7(8)9;;;;;;;;;;;/h4-7,10-11,14,16H,8-9,12-13H2,1-3H3;1-2H;(H2,1,3,5)(H,2,4,6);11*1H. The zero-order chi connectivity index (χ0) is 44.8. The zero-order valence-electron chi connectivity index (χ0n) is 33.2. The summed E-state index contributed by atoms with van der Waals surface area (Å²) in [7, 11) is 5.86. The average Bonchev–Trinajstić information content (AvgIpc) is 3.99. The van der Waals surface area contributed by atoms with Gasteiger partial charge in [-0.2, -0.15) is 9.61 Å². The summed E-state index contributed by atoms with van der Waals surface area (Å²) < 4.78 is 8.23. The number of rotatable bonds is 8. The topological polar surface area (TPSA) is 211 Å². The Kier molecular flexibility index (Phi) is 19.9. The zero-order valence-corrected chi connectivity index (χ0v) is 33.2. The molecule has 5 rings (SSSR count). The van der Waals surface area contributed by atoms with E-state index in [9.17, 15) is 14.9 Å². The normalized spacial score (nSPS) is 11.2. The molecule has 3 N–H and O–H groups in total. The molecule has 0 saturated carbocycles. The second-order valence-corrected chi connectivity index (χ2v) is 11.4. The molecule has 1 fully saturated rings. The van der Waals surface area contributed by atoms with Gasteiger partial charge in [0.15, 0.2) is 10.9 Å². The van der Waals surface area contributed by atoms with Gasteiger partial charge >= 0.3 is 5.69 Å². The highest BCUT2D eigenvalue weighted by Gasteiger charge is 2.25. The number of nitrogens with one attached hydrogen (secondary N) is 1. The number of aromatic nitrogens is 5. The van der Waals surface area contributed by atoms with Gasteiger partial charge in [0.05, 0.1) is 36.0 Å². The highest BCUT2D eigenvalue weighted by Crippen LogP contribution is 2.26. The Hall–Kier alpha value is -10.1. The quantitative estimate of drug-likeness (QED) is 0.0851. The molecular weight excluding hydrogens is 789 g/mol. The maximum Gasteiger partial charge on any atom is 0.352 e. The Bertz CT molecular complexity index is 3040. The van der Waals surface area contributed by atoms with E-state index >= 15 is 0 Å². The van der Waals surface area contributed by atoms with E-state index in [1.54, 1.807) is 11.7 Å². The van der Waals surface area contributed by atoms with E-state index in [4.69, 9.17) is 22.6 Å². The van der Waals surface area contributed by atoms with Crippen LogP contribution in [0, 0.1) is 141 Å². The summed E-state index contributed by atoms with van der Waals surface area (Å²) in [6.07, 6.45) is 14.2. The molecule has 4 heterocycles. The summed E-state index contributed by atoms with van der Waals surface area (Å²) in [6, 6.07) is 10.3. The van der Waals surface area contributed by atoms with Crippen molar-refractivity contribution >= 4 is 22.4 Å². The molecule has 1 aromatic carbocycles. The molecule has 0 amide bonds. The van der Waals surface area contributed by atoms with Crippen LogP contribution in [0.2, 0.25) is 0 Å². The lowest BCUT2D eigenvalue weighted by Gasteiger charge is -2.22. The van der Waals surface area contributed by atoms with E-state index in [-0.39, 0.29) is 21.4 Å². The van der Waals surface area contributed by atoms with Crippen LogP contribution in [0.3, 0.4) is 0 Å². The number of benzene rings is 1. The van der Waals surface area contributed by atoms with Gasteiger partial charge in [0.25, 0.3) is 0 Å². The van der Waals surface area contributed by atoms with Crippen molar-refractivity contribution in [3.8, 4) is 137 Å². The second kappa shape index (κ2) is 26.7. The molecule has 0 radical (unpaired) electrons. The molecule has 1 atom stereocenters. The Morgan fingerprint density at radius 1 is 0.887 bits per heavy atom. The van der Waals surface area contributed by atoms with Crippen LogP contribution in [0.1, 0.15) is 27.7 Å². The van der Waals surface area contributed by atoms with Crippen molar-refractivity contribution < 1.29 is 25.5 Å². The van der Waals surface area contributed by atoms with Gasteiger partial charge in [0, 0.05) is 69.3 Å². The van der Waals surface area contributed by atoms with Crippen LogP contribution in [-0.2, 0) is 6.54 Å². The summed E-state index contributed by atoms with van der Waals surface area (Å²) in [5.74, 6) is 53.4. The number of hydrogen-bond donors (Lipinski definition) is 2. The van der Waals surface area contributed by atoms with E-state index < -0.39 is 5.03 Å². The number of hydrogen-bond acceptors (Lipinski definition) is 11. The van der Waals surface area contributed by atoms with E-state index in [2.05, 4.69) is 185 Å². The first-order valence-corrected chi connectivity index (χ1v) is 17.3. The molecule has 322 valence electrons. The number of pyridine rings is 1. The summed E-state index contributed by atoms with van der Waals surface area (Å²) >= 11 is 0. The smallest absolute Gasteiger partial charge is 0.352 e. The van der Waals surface area contributed by atoms with Gasteiger partial charge in [0.2, 0.25) is 0 Å². The SMILES string of the molecule is C#CC#CC#CC#CC#CC#CC#CC#CC#CC#CC#C.COc1ccc(Cn2c(=O)n3ncnc3c3cc(N4CCC(N(C)C)C4)cnc32)cc1.NN=NN=NN[N+](=O)[O-].[HH].[HH].[HH].[HH].[HH].[HH].[HH].[HH].[HH].[HH].[HH]. The number of hydrazine groups is 1. The first-order valence-electron chi connectivity index (χ1n) is 17.3. The molecule has 1 aliphatic heterocycles. The van der Waals surface area contributed by atoms with E-state index in [1.807, 2.05) is 30.5 Å². The van der Waals surface area contributed by atoms with Crippen LogP contribution >= 0.6 is 0 Å². The minimum absolute atomic E-state index is 0. The number of nitrogens with zero attached hydrogens (tertiary/aromatic N) is 12. The molecule has 1 saturated heterocycles. The molecule has 0 bridgehead atoms. The first-order chi connectivity index (χ1) is 30.2. The highest BCUT2D eigenvalue weighted by atomic mass is 16.7. The van der Waals surface area contributed by atoms with Crippen molar-refractivity contribution in [2.45, 2.75) is 19.0 Å². The summed E-state index contributed by atoms with van der Waals surface area (Å²) in [5.41, 5.74) is 4.24. The lowest BCUT2D eigenvalue weighted by atomic mass is 10.2. The van der Waals surface area contributed by atoms with Crippen LogP contribution < -0.4 is 26.7 Å². The van der Waals surface area contributed by atoms with Gasteiger partial charge in [-0.1, -0.05) is 17.4 Å². The van der Waals surface area contributed by atoms with Crippen molar-refractivity contribution in [2.24, 2.45) is 26.7 Å². The second-order valence-electron chi connectivity index (χ2n) is 11.4. The number of anilines is 1. The van der Waals surface area contributed by atoms with Gasteiger partial charge in [-0.25, -0.2) is 14.8 Å². The van der Waals surface area contributed by atoms with Gasteiger partial charge in [-0.15, -0.1) is 12.8 Å². The van der Waals surface area contributed by atoms with Crippen molar-refractivity contribution in [3.63, 3.8) is 0 Å². The van der Waals surface area contributed by atoms with Crippen LogP contribution in [0.25, 0.3) is 16.7 Å². The molecule has 3 aromatic heterocycles. The van der Waals surface area contributed by atoms with E-state index in [0.717, 1.165) is 41.9 Å². The highest BCUT2D eigenvalue weighted by molar-refractivity contribution is 5.91. The Morgan fingerprint density at radius 3 is 1.90 bits per heavy atom. The molecule has 1 unspecified atom stereocenters. The lowest BCUT2D eigenvalue weighted by molar-refractivity contribution is -0.546. The number of nitro groups is 1. The Labute approximate surface area is 373 Å². The first kappa shape index (κ1) is 46.3. The van der Waals surface area contributed by atoms with Crippen LogP contribution in [-0.4, -0.2) is 74.4 Å². The van der Waals surface area contributed by atoms with Gasteiger partial charge in [-0.05, 0) is 139 Å². The minimum atomic E-state index is -0.907. The van der Waals surface area contributed by atoms with Crippen LogP contribution in [0.4, 0.5) is 5.69 Å². The molecule has 1 aliphatic rings. The monoisotopic (exact) mass is 840 g/mol. The van der Waals surface area contributed by atoms with Crippen molar-refractivity contribution in [1.82, 2.24) is 34.6 Å².